The first-order valence-corrected chi connectivity index (χ1v) is 10.8. The minimum Gasteiger partial charge on any atom is -0.341 e. The van der Waals surface area contributed by atoms with Crippen LogP contribution in [-0.4, -0.2) is 38.4 Å². The third-order valence-corrected chi connectivity index (χ3v) is 6.03. The molecule has 6 heteroatoms. The lowest BCUT2D eigenvalue weighted by Crippen LogP contribution is -2.28. The predicted octanol–water partition coefficient (Wildman–Crippen LogP) is 4.64. The number of hydrogen-bond donors (Lipinski definition) is 0. The van der Waals surface area contributed by atoms with Crippen LogP contribution in [0.1, 0.15) is 29.2 Å². The van der Waals surface area contributed by atoms with E-state index in [0.717, 1.165) is 28.7 Å². The lowest BCUT2D eigenvalue weighted by atomic mass is 10.1. The quantitative estimate of drug-likeness (QED) is 0.535. The number of carbonyl (C=O) groups excluding carboxylic acids is 1. The van der Waals surface area contributed by atoms with E-state index in [2.05, 4.69) is 72.8 Å². The standard InChI is InChI=1S/C23H28N4OS/c1-6-27-22(20-10-8-7-9-17(20)3)24-25-23(27)29-15-21(28)26(5)14-19-12-11-16(2)13-18(19)4/h7-13H,6,14-15H2,1-5H3. The lowest BCUT2D eigenvalue weighted by molar-refractivity contribution is -0.127. The summed E-state index contributed by atoms with van der Waals surface area (Å²) in [7, 11) is 1.85. The maximum atomic E-state index is 12.7. The van der Waals surface area contributed by atoms with Crippen molar-refractivity contribution in [2.24, 2.45) is 0 Å². The Morgan fingerprint density at radius 1 is 1.07 bits per heavy atom. The van der Waals surface area contributed by atoms with Crippen LogP contribution in [-0.2, 0) is 17.9 Å². The van der Waals surface area contributed by atoms with E-state index in [-0.39, 0.29) is 5.91 Å². The Labute approximate surface area is 177 Å². The molecule has 3 rings (SSSR count). The summed E-state index contributed by atoms with van der Waals surface area (Å²) in [6.45, 7) is 9.68. The number of nitrogens with zero attached hydrogens (tertiary/aromatic N) is 4. The van der Waals surface area contributed by atoms with Gasteiger partial charge in [-0.3, -0.25) is 4.79 Å². The molecular formula is C23H28N4OS. The van der Waals surface area contributed by atoms with Gasteiger partial charge in [-0.2, -0.15) is 0 Å². The zero-order valence-corrected chi connectivity index (χ0v) is 18.6. The van der Waals surface area contributed by atoms with Gasteiger partial charge in [-0.15, -0.1) is 10.2 Å². The fourth-order valence-electron chi connectivity index (χ4n) is 3.31. The Hall–Kier alpha value is -2.60. The maximum Gasteiger partial charge on any atom is 0.233 e. The Kier molecular flexibility index (Phi) is 6.75. The molecule has 0 aliphatic rings. The largest absolute Gasteiger partial charge is 0.341 e. The Balaban J connectivity index is 1.68. The SMILES string of the molecule is CCn1c(SCC(=O)N(C)Cc2ccc(C)cc2C)nnc1-c1ccccc1C. The van der Waals surface area contributed by atoms with Crippen LogP contribution < -0.4 is 0 Å². The highest BCUT2D eigenvalue weighted by Gasteiger charge is 2.17. The van der Waals surface area contributed by atoms with Gasteiger partial charge in [-0.1, -0.05) is 59.8 Å². The van der Waals surface area contributed by atoms with Crippen molar-refractivity contribution in [2.75, 3.05) is 12.8 Å². The summed E-state index contributed by atoms with van der Waals surface area (Å²) in [6, 6.07) is 14.5. The fraction of sp³-hybridized carbons (Fsp3) is 0.348. The number of benzene rings is 2. The van der Waals surface area contributed by atoms with Crippen molar-refractivity contribution >= 4 is 17.7 Å². The van der Waals surface area contributed by atoms with Crippen LogP contribution in [0, 0.1) is 20.8 Å². The molecule has 0 unspecified atom stereocenters. The van der Waals surface area contributed by atoms with Crippen LogP contribution in [0.25, 0.3) is 11.4 Å². The second kappa shape index (κ2) is 9.27. The van der Waals surface area contributed by atoms with E-state index in [1.165, 1.54) is 28.5 Å². The van der Waals surface area contributed by atoms with Gasteiger partial charge in [0.15, 0.2) is 11.0 Å². The van der Waals surface area contributed by atoms with E-state index in [0.29, 0.717) is 12.3 Å². The number of rotatable bonds is 7. The van der Waals surface area contributed by atoms with Gasteiger partial charge in [-0.05, 0) is 44.4 Å². The van der Waals surface area contributed by atoms with Crippen molar-refractivity contribution in [3.05, 3.63) is 64.7 Å². The number of thioether (sulfide) groups is 1. The molecule has 1 heterocycles. The summed E-state index contributed by atoms with van der Waals surface area (Å²) in [5.41, 5.74) is 5.86. The van der Waals surface area contributed by atoms with Crippen molar-refractivity contribution in [2.45, 2.75) is 45.9 Å². The zero-order chi connectivity index (χ0) is 21.0. The molecule has 5 nitrogen and oxygen atoms in total. The Bertz CT molecular complexity index is 1010. The van der Waals surface area contributed by atoms with Crippen LogP contribution >= 0.6 is 11.8 Å². The number of amides is 1. The van der Waals surface area contributed by atoms with Gasteiger partial charge in [0.05, 0.1) is 5.75 Å². The maximum absolute atomic E-state index is 12.7. The van der Waals surface area contributed by atoms with Crippen LogP contribution in [0.4, 0.5) is 0 Å². The highest BCUT2D eigenvalue weighted by Crippen LogP contribution is 2.26. The van der Waals surface area contributed by atoms with Gasteiger partial charge in [0, 0.05) is 25.7 Å². The average molecular weight is 409 g/mol. The Morgan fingerprint density at radius 2 is 1.83 bits per heavy atom. The van der Waals surface area contributed by atoms with E-state index in [9.17, 15) is 4.79 Å². The summed E-state index contributed by atoms with van der Waals surface area (Å²) >= 11 is 1.44. The van der Waals surface area contributed by atoms with Crippen molar-refractivity contribution < 1.29 is 4.79 Å². The van der Waals surface area contributed by atoms with Gasteiger partial charge >= 0.3 is 0 Å². The van der Waals surface area contributed by atoms with Gasteiger partial charge in [0.1, 0.15) is 0 Å². The first-order chi connectivity index (χ1) is 13.9. The minimum atomic E-state index is 0.0815. The molecule has 0 atom stereocenters. The average Bonchev–Trinajstić information content (AvgIpc) is 3.11. The highest BCUT2D eigenvalue weighted by molar-refractivity contribution is 7.99. The van der Waals surface area contributed by atoms with Crippen molar-refractivity contribution in [1.82, 2.24) is 19.7 Å². The third-order valence-electron chi connectivity index (χ3n) is 5.08. The molecule has 0 saturated carbocycles. The van der Waals surface area contributed by atoms with Crippen LogP contribution in [0.5, 0.6) is 0 Å². The predicted molar refractivity (Wildman–Crippen MR) is 119 cm³/mol. The van der Waals surface area contributed by atoms with Crippen molar-refractivity contribution in [1.29, 1.82) is 0 Å². The monoisotopic (exact) mass is 408 g/mol. The molecule has 29 heavy (non-hydrogen) atoms. The molecule has 1 amide bonds. The second-order valence-electron chi connectivity index (χ2n) is 7.33. The normalized spacial score (nSPS) is 10.9. The van der Waals surface area contributed by atoms with Crippen LogP contribution in [0.2, 0.25) is 0 Å². The van der Waals surface area contributed by atoms with Gasteiger partial charge < -0.3 is 9.47 Å². The molecule has 1 aromatic heterocycles. The molecule has 0 spiro atoms. The smallest absolute Gasteiger partial charge is 0.233 e. The second-order valence-corrected chi connectivity index (χ2v) is 8.28. The summed E-state index contributed by atoms with van der Waals surface area (Å²) in [5.74, 6) is 1.27. The lowest BCUT2D eigenvalue weighted by Gasteiger charge is -2.18. The molecule has 152 valence electrons. The first-order valence-electron chi connectivity index (χ1n) is 9.82. The number of carbonyl (C=O) groups is 1. The molecule has 3 aromatic rings. The van der Waals surface area contributed by atoms with E-state index in [4.69, 9.17) is 0 Å². The molecule has 0 bridgehead atoms. The highest BCUT2D eigenvalue weighted by atomic mass is 32.2. The van der Waals surface area contributed by atoms with E-state index in [1.807, 2.05) is 19.2 Å². The van der Waals surface area contributed by atoms with Crippen LogP contribution in [0.3, 0.4) is 0 Å². The molecule has 0 radical (unpaired) electrons. The molecule has 2 aromatic carbocycles. The number of aryl methyl sites for hydroxylation is 3. The van der Waals surface area contributed by atoms with E-state index in [1.54, 1.807) is 4.90 Å². The summed E-state index contributed by atoms with van der Waals surface area (Å²) in [5, 5.41) is 9.52. The van der Waals surface area contributed by atoms with Crippen molar-refractivity contribution in [3.8, 4) is 11.4 Å². The molecule has 0 fully saturated rings. The molecule has 0 saturated heterocycles. The summed E-state index contributed by atoms with van der Waals surface area (Å²) in [6.07, 6.45) is 0. The number of aromatic nitrogens is 3. The minimum absolute atomic E-state index is 0.0815. The molecular weight excluding hydrogens is 380 g/mol. The van der Waals surface area contributed by atoms with Crippen molar-refractivity contribution in [3.63, 3.8) is 0 Å². The van der Waals surface area contributed by atoms with Gasteiger partial charge in [-0.25, -0.2) is 0 Å². The summed E-state index contributed by atoms with van der Waals surface area (Å²) < 4.78 is 2.07. The molecule has 0 aliphatic heterocycles. The topological polar surface area (TPSA) is 51.0 Å². The van der Waals surface area contributed by atoms with Crippen LogP contribution in [0.15, 0.2) is 47.6 Å². The van der Waals surface area contributed by atoms with E-state index >= 15 is 0 Å². The molecule has 0 N–H and O–H groups in total. The Morgan fingerprint density at radius 3 is 2.52 bits per heavy atom. The van der Waals surface area contributed by atoms with Gasteiger partial charge in [0.2, 0.25) is 5.91 Å². The number of hydrogen-bond acceptors (Lipinski definition) is 4. The molecule has 0 aliphatic carbocycles. The fourth-order valence-corrected chi connectivity index (χ4v) is 4.25. The van der Waals surface area contributed by atoms with Gasteiger partial charge in [0.25, 0.3) is 0 Å². The third kappa shape index (κ3) is 4.88. The summed E-state index contributed by atoms with van der Waals surface area (Å²) in [4.78, 5) is 14.5. The first kappa shape index (κ1) is 21.1. The van der Waals surface area contributed by atoms with E-state index < -0.39 is 0 Å². The zero-order valence-electron chi connectivity index (χ0n) is 17.8.